The molecule has 3 aromatic heterocycles. The minimum absolute atomic E-state index is 0. The first-order chi connectivity index (χ1) is 21.3. The summed E-state index contributed by atoms with van der Waals surface area (Å²) in [5.74, 6) is 2.01. The summed E-state index contributed by atoms with van der Waals surface area (Å²) in [5.41, 5.74) is 7.28. The summed E-state index contributed by atoms with van der Waals surface area (Å²) in [4.78, 5) is 4.61. The second-order valence-electron chi connectivity index (χ2n) is 10.2. The SMILES string of the molecule is [Pt+2].[c-]1c(Oc2[c-]c3c(cc2)c2ccccc2n3-c2ccccn2)cccc1-n1cc(-c2ccc(-c3ccccc3)cc2)cn1. The number of para-hydroxylation sites is 1. The van der Waals surface area contributed by atoms with E-state index < -0.39 is 0 Å². The summed E-state index contributed by atoms with van der Waals surface area (Å²) in [6, 6.07) is 49.8. The van der Waals surface area contributed by atoms with Crippen LogP contribution in [0.4, 0.5) is 0 Å². The van der Waals surface area contributed by atoms with Crippen LogP contribution in [0.2, 0.25) is 0 Å². The first-order valence-electron chi connectivity index (χ1n) is 14.1. The van der Waals surface area contributed by atoms with Crippen LogP contribution in [0.1, 0.15) is 0 Å². The van der Waals surface area contributed by atoms with Crippen molar-refractivity contribution in [3.8, 4) is 45.3 Å². The van der Waals surface area contributed by atoms with Crippen LogP contribution < -0.4 is 4.74 Å². The van der Waals surface area contributed by atoms with Gasteiger partial charge in [0, 0.05) is 35.0 Å². The van der Waals surface area contributed by atoms with Crippen molar-refractivity contribution in [2.45, 2.75) is 0 Å². The summed E-state index contributed by atoms with van der Waals surface area (Å²) in [7, 11) is 0. The summed E-state index contributed by atoms with van der Waals surface area (Å²) < 4.78 is 10.2. The van der Waals surface area contributed by atoms with Gasteiger partial charge in [0.25, 0.3) is 0 Å². The van der Waals surface area contributed by atoms with Crippen molar-refractivity contribution in [3.05, 3.63) is 158 Å². The van der Waals surface area contributed by atoms with Gasteiger partial charge in [-0.15, -0.1) is 35.7 Å². The van der Waals surface area contributed by atoms with Crippen molar-refractivity contribution >= 4 is 21.8 Å². The number of pyridine rings is 1. The summed E-state index contributed by atoms with van der Waals surface area (Å²) in [6.07, 6.45) is 5.69. The van der Waals surface area contributed by atoms with E-state index in [9.17, 15) is 0 Å². The molecule has 3 heterocycles. The minimum Gasteiger partial charge on any atom is -0.509 e. The predicted octanol–water partition coefficient (Wildman–Crippen LogP) is 9.09. The number of rotatable bonds is 6. The molecule has 0 aliphatic carbocycles. The minimum atomic E-state index is 0. The zero-order valence-corrected chi connectivity index (χ0v) is 25.6. The van der Waals surface area contributed by atoms with Gasteiger partial charge in [0.05, 0.1) is 6.20 Å². The van der Waals surface area contributed by atoms with Crippen molar-refractivity contribution in [1.82, 2.24) is 19.3 Å². The van der Waals surface area contributed by atoms with E-state index >= 15 is 0 Å². The van der Waals surface area contributed by atoms with E-state index in [1.54, 1.807) is 6.20 Å². The molecule has 0 spiro atoms. The second-order valence-corrected chi connectivity index (χ2v) is 10.2. The molecule has 0 bridgehead atoms. The molecule has 5 nitrogen and oxygen atoms in total. The standard InChI is InChI=1S/C38H24N4O.Pt/c1-2-9-27(10-3-1)28-16-18-29(19-17-28)30-25-40-41(26-30)31-11-8-12-32(23-31)43-33-20-21-35-34-13-4-5-14-36(34)42(37(35)24-33)38-15-6-7-22-39-38;/h1-22,25-26H;/q-2;+2. The molecule has 212 valence electrons. The van der Waals surface area contributed by atoms with Gasteiger partial charge in [0.2, 0.25) is 0 Å². The Labute approximate surface area is 269 Å². The molecule has 44 heavy (non-hydrogen) atoms. The van der Waals surface area contributed by atoms with E-state index in [2.05, 4.69) is 99.6 Å². The van der Waals surface area contributed by atoms with Gasteiger partial charge in [0.15, 0.2) is 0 Å². The Bertz CT molecular complexity index is 2200. The van der Waals surface area contributed by atoms with E-state index in [0.717, 1.165) is 44.4 Å². The van der Waals surface area contributed by atoms with Crippen molar-refractivity contribution < 1.29 is 25.8 Å². The topological polar surface area (TPSA) is 44.9 Å². The number of fused-ring (bicyclic) bond motifs is 3. The zero-order chi connectivity index (χ0) is 28.6. The van der Waals surface area contributed by atoms with Crippen LogP contribution in [0.5, 0.6) is 11.5 Å². The van der Waals surface area contributed by atoms with Gasteiger partial charge in [-0.05, 0) is 46.0 Å². The van der Waals surface area contributed by atoms with Gasteiger partial charge in [-0.25, -0.2) is 4.98 Å². The molecular weight excluding hydrogens is 724 g/mol. The van der Waals surface area contributed by atoms with E-state index in [-0.39, 0.29) is 21.1 Å². The van der Waals surface area contributed by atoms with Crippen LogP contribution in [0.15, 0.2) is 146 Å². The van der Waals surface area contributed by atoms with Gasteiger partial charge < -0.3 is 9.30 Å². The van der Waals surface area contributed by atoms with E-state index in [1.165, 1.54) is 11.1 Å². The monoisotopic (exact) mass is 747 g/mol. The Kier molecular flexibility index (Phi) is 7.39. The molecule has 6 heteroatoms. The molecule has 0 N–H and O–H groups in total. The molecule has 0 fully saturated rings. The van der Waals surface area contributed by atoms with Gasteiger partial charge in [-0.3, -0.25) is 4.68 Å². The largest absolute Gasteiger partial charge is 2.00 e. The normalized spacial score (nSPS) is 11.0. The maximum Gasteiger partial charge on any atom is 2.00 e. The number of aromatic nitrogens is 4. The number of benzene rings is 5. The molecular formula is C38H24N4OPt. The van der Waals surface area contributed by atoms with Crippen molar-refractivity contribution in [3.63, 3.8) is 0 Å². The van der Waals surface area contributed by atoms with Crippen molar-refractivity contribution in [2.24, 2.45) is 0 Å². The predicted molar refractivity (Wildman–Crippen MR) is 171 cm³/mol. The Morgan fingerprint density at radius 1 is 0.568 bits per heavy atom. The Balaban J connectivity index is 0.00000312. The molecule has 0 amide bonds. The van der Waals surface area contributed by atoms with Crippen molar-refractivity contribution in [1.29, 1.82) is 0 Å². The summed E-state index contributed by atoms with van der Waals surface area (Å²) >= 11 is 0. The van der Waals surface area contributed by atoms with Crippen LogP contribution in [0.25, 0.3) is 55.6 Å². The fourth-order valence-corrected chi connectivity index (χ4v) is 5.49. The van der Waals surface area contributed by atoms with E-state index in [1.807, 2.05) is 71.7 Å². The number of hydrogen-bond donors (Lipinski definition) is 0. The fraction of sp³-hybridized carbons (Fsp3) is 0. The first-order valence-corrected chi connectivity index (χ1v) is 14.1. The van der Waals surface area contributed by atoms with E-state index in [4.69, 9.17) is 4.74 Å². The van der Waals surface area contributed by atoms with Crippen LogP contribution in [-0.4, -0.2) is 19.3 Å². The summed E-state index contributed by atoms with van der Waals surface area (Å²) in [6.45, 7) is 0. The third kappa shape index (κ3) is 5.12. The van der Waals surface area contributed by atoms with Crippen LogP contribution >= 0.6 is 0 Å². The number of hydrogen-bond acceptors (Lipinski definition) is 3. The molecule has 0 atom stereocenters. The maximum absolute atomic E-state index is 6.30. The van der Waals surface area contributed by atoms with Crippen LogP contribution in [0.3, 0.4) is 0 Å². The fourth-order valence-electron chi connectivity index (χ4n) is 5.49. The number of nitrogens with zero attached hydrogens (tertiary/aromatic N) is 4. The molecule has 0 unspecified atom stereocenters. The first kappa shape index (κ1) is 27.6. The molecule has 8 rings (SSSR count). The number of ether oxygens (including phenoxy) is 1. The smallest absolute Gasteiger partial charge is 0.509 e. The molecule has 5 aromatic carbocycles. The Morgan fingerprint density at radius 2 is 1.30 bits per heavy atom. The van der Waals surface area contributed by atoms with Gasteiger partial charge in [0.1, 0.15) is 5.82 Å². The van der Waals surface area contributed by atoms with Crippen LogP contribution in [0, 0.1) is 12.1 Å². The molecule has 0 saturated heterocycles. The summed E-state index contributed by atoms with van der Waals surface area (Å²) in [5, 5.41) is 6.85. The zero-order valence-electron chi connectivity index (χ0n) is 23.4. The quantitative estimate of drug-likeness (QED) is 0.160. The molecule has 0 aliphatic heterocycles. The molecule has 0 radical (unpaired) electrons. The van der Waals surface area contributed by atoms with Gasteiger partial charge in [-0.2, -0.15) is 17.2 Å². The van der Waals surface area contributed by atoms with Gasteiger partial charge >= 0.3 is 21.1 Å². The Hall–Kier alpha value is -5.25. The second kappa shape index (κ2) is 11.8. The van der Waals surface area contributed by atoms with Crippen LogP contribution in [-0.2, 0) is 21.1 Å². The van der Waals surface area contributed by atoms with E-state index in [0.29, 0.717) is 11.5 Å². The molecule has 0 saturated carbocycles. The Morgan fingerprint density at radius 3 is 2.11 bits per heavy atom. The van der Waals surface area contributed by atoms with Crippen molar-refractivity contribution in [2.75, 3.05) is 0 Å². The maximum atomic E-state index is 6.30. The molecule has 0 aliphatic rings. The third-order valence-corrected chi connectivity index (χ3v) is 7.56. The van der Waals surface area contributed by atoms with Gasteiger partial charge in [-0.1, -0.05) is 84.4 Å². The molecule has 8 aromatic rings. The average Bonchev–Trinajstić information content (AvgIpc) is 3.69. The third-order valence-electron chi connectivity index (χ3n) is 7.56. The average molecular weight is 748 g/mol.